The number of nitrogens with two attached hydrogens (primary N) is 1. The molecule has 4 N–H and O–H groups in total. The van der Waals surface area contributed by atoms with E-state index < -0.39 is 0 Å². The van der Waals surface area contributed by atoms with E-state index in [0.717, 1.165) is 10.9 Å². The molecule has 0 atom stereocenters. The lowest BCUT2D eigenvalue weighted by Crippen LogP contribution is -2.10. The van der Waals surface area contributed by atoms with Gasteiger partial charge in [-0.15, -0.1) is 0 Å². The second-order valence-electron chi connectivity index (χ2n) is 3.72. The molecule has 0 saturated carbocycles. The molecule has 1 amide bonds. The topological polar surface area (TPSA) is 92.9 Å². The lowest BCUT2D eigenvalue weighted by Gasteiger charge is -2.07. The van der Waals surface area contributed by atoms with Crippen LogP contribution in [0.5, 0.6) is 0 Å². The van der Waals surface area contributed by atoms with Crippen LogP contribution in [-0.2, 0) is 4.79 Å². The van der Waals surface area contributed by atoms with E-state index in [9.17, 15) is 4.79 Å². The Labute approximate surface area is 98.2 Å². The Hall–Kier alpha value is -2.21. The third-order valence-electron chi connectivity index (χ3n) is 2.33. The van der Waals surface area contributed by atoms with Crippen LogP contribution in [-0.4, -0.2) is 15.9 Å². The third kappa shape index (κ3) is 2.31. The number of carbonyl (C=O) groups excluding carboxylic acids is 1. The van der Waals surface area contributed by atoms with Gasteiger partial charge >= 0.3 is 0 Å². The zero-order chi connectivity index (χ0) is 12.4. The van der Waals surface area contributed by atoms with Crippen LogP contribution >= 0.6 is 0 Å². The highest BCUT2D eigenvalue weighted by Crippen LogP contribution is 2.20. The molecule has 17 heavy (non-hydrogen) atoms. The zero-order valence-corrected chi connectivity index (χ0v) is 9.61. The van der Waals surface area contributed by atoms with Crippen LogP contribution in [0, 0.1) is 6.92 Å². The summed E-state index contributed by atoms with van der Waals surface area (Å²) in [5.41, 5.74) is 4.05. The van der Waals surface area contributed by atoms with Crippen molar-refractivity contribution in [3.63, 3.8) is 0 Å². The molecular weight excluding hydrogens is 218 g/mol. The summed E-state index contributed by atoms with van der Waals surface area (Å²) in [6.45, 7) is 3.38. The summed E-state index contributed by atoms with van der Waals surface area (Å²) in [4.78, 5) is 19.4. The SMILES string of the molecule is CC(=O)Nc1ccc2c(C)cc(NN)nc2n1. The molecule has 0 aliphatic heterocycles. The normalized spacial score (nSPS) is 10.3. The summed E-state index contributed by atoms with van der Waals surface area (Å²) in [7, 11) is 0. The van der Waals surface area contributed by atoms with Crippen molar-refractivity contribution in [2.75, 3.05) is 10.7 Å². The van der Waals surface area contributed by atoms with Crippen molar-refractivity contribution in [3.05, 3.63) is 23.8 Å². The first-order chi connectivity index (χ1) is 8.10. The van der Waals surface area contributed by atoms with E-state index in [1.165, 1.54) is 6.92 Å². The first-order valence-corrected chi connectivity index (χ1v) is 5.13. The fourth-order valence-electron chi connectivity index (χ4n) is 1.59. The number of carbonyl (C=O) groups is 1. The van der Waals surface area contributed by atoms with Gasteiger partial charge < -0.3 is 10.7 Å². The highest BCUT2D eigenvalue weighted by molar-refractivity contribution is 5.90. The van der Waals surface area contributed by atoms with E-state index in [-0.39, 0.29) is 5.91 Å². The predicted molar refractivity (Wildman–Crippen MR) is 66.4 cm³/mol. The standard InChI is InChI=1S/C11H13N5O/c1-6-5-10(16-12)15-11-8(6)3-4-9(14-11)13-7(2)17/h3-5H,12H2,1-2H3,(H2,13,14,15,16,17). The minimum Gasteiger partial charge on any atom is -0.311 e. The molecule has 0 bridgehead atoms. The van der Waals surface area contributed by atoms with E-state index in [2.05, 4.69) is 20.7 Å². The van der Waals surface area contributed by atoms with Gasteiger partial charge in [-0.05, 0) is 30.7 Å². The maximum absolute atomic E-state index is 10.9. The number of rotatable bonds is 2. The Morgan fingerprint density at radius 1 is 1.29 bits per heavy atom. The van der Waals surface area contributed by atoms with Crippen LogP contribution < -0.4 is 16.6 Å². The average Bonchev–Trinajstić information content (AvgIpc) is 2.27. The largest absolute Gasteiger partial charge is 0.311 e. The molecule has 6 heteroatoms. The molecule has 2 rings (SSSR count). The molecule has 0 saturated heterocycles. The van der Waals surface area contributed by atoms with Gasteiger partial charge in [0.05, 0.1) is 0 Å². The first-order valence-electron chi connectivity index (χ1n) is 5.13. The smallest absolute Gasteiger partial charge is 0.222 e. The van der Waals surface area contributed by atoms with Crippen molar-refractivity contribution in [2.45, 2.75) is 13.8 Å². The third-order valence-corrected chi connectivity index (χ3v) is 2.33. The number of amides is 1. The Morgan fingerprint density at radius 2 is 2.00 bits per heavy atom. The molecule has 0 radical (unpaired) electrons. The number of anilines is 2. The summed E-state index contributed by atoms with van der Waals surface area (Å²) >= 11 is 0. The number of pyridine rings is 2. The second-order valence-corrected chi connectivity index (χ2v) is 3.72. The van der Waals surface area contributed by atoms with Gasteiger partial charge in [0.1, 0.15) is 11.6 Å². The molecular formula is C11H13N5O. The van der Waals surface area contributed by atoms with E-state index in [1.807, 2.05) is 19.1 Å². The molecule has 0 fully saturated rings. The summed E-state index contributed by atoms with van der Waals surface area (Å²) < 4.78 is 0. The van der Waals surface area contributed by atoms with E-state index >= 15 is 0 Å². The van der Waals surface area contributed by atoms with E-state index in [4.69, 9.17) is 5.84 Å². The van der Waals surface area contributed by atoms with Crippen molar-refractivity contribution in [2.24, 2.45) is 5.84 Å². The Balaban J connectivity index is 2.55. The van der Waals surface area contributed by atoms with Crippen molar-refractivity contribution in [1.82, 2.24) is 9.97 Å². The summed E-state index contributed by atoms with van der Waals surface area (Å²) in [6.07, 6.45) is 0. The monoisotopic (exact) mass is 231 g/mol. The Morgan fingerprint density at radius 3 is 2.65 bits per heavy atom. The number of aromatic nitrogens is 2. The lowest BCUT2D eigenvalue weighted by atomic mass is 10.2. The van der Waals surface area contributed by atoms with Crippen LogP contribution in [0.3, 0.4) is 0 Å². The minimum absolute atomic E-state index is 0.165. The Bertz CT molecular complexity index is 581. The maximum Gasteiger partial charge on any atom is 0.222 e. The van der Waals surface area contributed by atoms with Gasteiger partial charge in [-0.25, -0.2) is 15.8 Å². The number of aryl methyl sites for hydroxylation is 1. The van der Waals surface area contributed by atoms with Crippen LogP contribution in [0.4, 0.5) is 11.6 Å². The maximum atomic E-state index is 10.9. The highest BCUT2D eigenvalue weighted by Gasteiger charge is 2.05. The molecule has 0 aromatic carbocycles. The summed E-state index contributed by atoms with van der Waals surface area (Å²) in [5.74, 6) is 6.18. The van der Waals surface area contributed by atoms with Gasteiger partial charge in [-0.1, -0.05) is 0 Å². The van der Waals surface area contributed by atoms with Gasteiger partial charge in [0.25, 0.3) is 0 Å². The molecule has 88 valence electrons. The number of hydrogen-bond acceptors (Lipinski definition) is 5. The number of hydrazine groups is 1. The zero-order valence-electron chi connectivity index (χ0n) is 9.61. The van der Waals surface area contributed by atoms with Crippen LogP contribution in [0.25, 0.3) is 11.0 Å². The fraction of sp³-hybridized carbons (Fsp3) is 0.182. The molecule has 2 aromatic rings. The number of fused-ring (bicyclic) bond motifs is 1. The van der Waals surface area contributed by atoms with Crippen molar-refractivity contribution in [1.29, 1.82) is 0 Å². The number of hydrogen-bond donors (Lipinski definition) is 3. The molecule has 2 aromatic heterocycles. The van der Waals surface area contributed by atoms with Crippen molar-refractivity contribution < 1.29 is 4.79 Å². The molecule has 0 unspecified atom stereocenters. The van der Waals surface area contributed by atoms with Gasteiger partial charge in [-0.3, -0.25) is 4.79 Å². The Kier molecular flexibility index (Phi) is 2.88. The fourth-order valence-corrected chi connectivity index (χ4v) is 1.59. The minimum atomic E-state index is -0.165. The lowest BCUT2D eigenvalue weighted by molar-refractivity contribution is -0.114. The predicted octanol–water partition coefficient (Wildman–Crippen LogP) is 1.18. The highest BCUT2D eigenvalue weighted by atomic mass is 16.1. The number of nitrogens with one attached hydrogen (secondary N) is 2. The van der Waals surface area contributed by atoms with Gasteiger partial charge in [-0.2, -0.15) is 0 Å². The van der Waals surface area contributed by atoms with Gasteiger partial charge in [0, 0.05) is 12.3 Å². The molecule has 0 aliphatic carbocycles. The molecule has 6 nitrogen and oxygen atoms in total. The number of nitrogen functional groups attached to an aromatic ring is 1. The first kappa shape index (κ1) is 11.3. The van der Waals surface area contributed by atoms with Gasteiger partial charge in [0.2, 0.25) is 5.91 Å². The summed E-state index contributed by atoms with van der Waals surface area (Å²) in [5, 5.41) is 3.54. The van der Waals surface area contributed by atoms with Crippen molar-refractivity contribution in [3.8, 4) is 0 Å². The average molecular weight is 231 g/mol. The number of nitrogens with zero attached hydrogens (tertiary/aromatic N) is 2. The van der Waals surface area contributed by atoms with E-state index in [0.29, 0.717) is 17.3 Å². The quantitative estimate of drug-likeness (QED) is 0.533. The molecule has 2 heterocycles. The van der Waals surface area contributed by atoms with Crippen LogP contribution in [0.2, 0.25) is 0 Å². The van der Waals surface area contributed by atoms with Gasteiger partial charge in [0.15, 0.2) is 5.65 Å². The summed E-state index contributed by atoms with van der Waals surface area (Å²) in [6, 6.07) is 5.45. The second kappa shape index (κ2) is 4.34. The van der Waals surface area contributed by atoms with Crippen molar-refractivity contribution >= 4 is 28.6 Å². The van der Waals surface area contributed by atoms with Crippen LogP contribution in [0.15, 0.2) is 18.2 Å². The molecule has 0 aliphatic rings. The van der Waals surface area contributed by atoms with E-state index in [1.54, 1.807) is 6.07 Å². The van der Waals surface area contributed by atoms with Crippen LogP contribution in [0.1, 0.15) is 12.5 Å². The molecule has 0 spiro atoms.